The highest BCUT2D eigenvalue weighted by molar-refractivity contribution is 6.42. The lowest BCUT2D eigenvalue weighted by atomic mass is 9.95. The quantitative estimate of drug-likeness (QED) is 0.711. The molecule has 0 spiro atoms. The molecule has 1 unspecified atom stereocenters. The van der Waals surface area contributed by atoms with Gasteiger partial charge in [0.15, 0.2) is 0 Å². The molecule has 0 radical (unpaired) electrons. The summed E-state index contributed by atoms with van der Waals surface area (Å²) in [5, 5.41) is 1.08. The van der Waals surface area contributed by atoms with Crippen molar-refractivity contribution in [1.29, 1.82) is 0 Å². The van der Waals surface area contributed by atoms with Crippen LogP contribution in [0.2, 0.25) is 10.0 Å². The maximum absolute atomic E-state index is 11.3. The van der Waals surface area contributed by atoms with Gasteiger partial charge in [-0.25, -0.2) is 0 Å². The molecule has 4 heteroatoms. The highest BCUT2D eigenvalue weighted by Crippen LogP contribution is 2.29. The molecular formula is C17H16Cl2O2. The number of rotatable bonds is 4. The van der Waals surface area contributed by atoms with E-state index in [0.717, 1.165) is 16.7 Å². The molecule has 0 bridgehead atoms. The third-order valence-electron chi connectivity index (χ3n) is 3.43. The zero-order valence-electron chi connectivity index (χ0n) is 11.9. The van der Waals surface area contributed by atoms with Gasteiger partial charge in [0, 0.05) is 0 Å². The van der Waals surface area contributed by atoms with Crippen LogP contribution in [0.25, 0.3) is 11.1 Å². The Hall–Kier alpha value is -1.51. The van der Waals surface area contributed by atoms with E-state index >= 15 is 0 Å². The second-order valence-corrected chi connectivity index (χ2v) is 5.75. The zero-order chi connectivity index (χ0) is 15.4. The highest BCUT2D eigenvalue weighted by atomic mass is 35.5. The van der Waals surface area contributed by atoms with Crippen LogP contribution in [0.4, 0.5) is 0 Å². The minimum absolute atomic E-state index is 0.125. The van der Waals surface area contributed by atoms with Gasteiger partial charge >= 0.3 is 5.97 Å². The molecule has 0 aliphatic carbocycles. The Kier molecular flexibility index (Phi) is 5.27. The molecule has 110 valence electrons. The van der Waals surface area contributed by atoms with Crippen molar-refractivity contribution in [3.05, 3.63) is 58.1 Å². The lowest BCUT2D eigenvalue weighted by molar-refractivity contribution is -0.140. The summed E-state index contributed by atoms with van der Waals surface area (Å²) in [7, 11) is 1.41. The van der Waals surface area contributed by atoms with E-state index in [1.54, 1.807) is 6.07 Å². The van der Waals surface area contributed by atoms with Gasteiger partial charge < -0.3 is 4.74 Å². The van der Waals surface area contributed by atoms with Crippen LogP contribution in [0.5, 0.6) is 0 Å². The first-order chi connectivity index (χ1) is 10.0. The van der Waals surface area contributed by atoms with Crippen molar-refractivity contribution < 1.29 is 9.53 Å². The average molecular weight is 323 g/mol. The van der Waals surface area contributed by atoms with Crippen LogP contribution in [-0.4, -0.2) is 13.1 Å². The average Bonchev–Trinajstić information content (AvgIpc) is 2.50. The first-order valence-electron chi connectivity index (χ1n) is 6.63. The van der Waals surface area contributed by atoms with Gasteiger partial charge in [0.05, 0.1) is 23.6 Å². The molecule has 0 aliphatic heterocycles. The number of methoxy groups -OCH3 is 1. The SMILES string of the molecule is COC(=O)CC(C)c1ccc(-c2ccc(Cl)c(Cl)c2)cc1. The van der Waals surface area contributed by atoms with Crippen molar-refractivity contribution in [3.8, 4) is 11.1 Å². The fourth-order valence-corrected chi connectivity index (χ4v) is 2.43. The third kappa shape index (κ3) is 3.99. The van der Waals surface area contributed by atoms with E-state index in [2.05, 4.69) is 0 Å². The molecule has 0 aliphatic rings. The lowest BCUT2D eigenvalue weighted by Gasteiger charge is -2.11. The van der Waals surface area contributed by atoms with E-state index in [1.807, 2.05) is 43.3 Å². The van der Waals surface area contributed by atoms with E-state index in [4.69, 9.17) is 27.9 Å². The smallest absolute Gasteiger partial charge is 0.306 e. The number of hydrogen-bond donors (Lipinski definition) is 0. The third-order valence-corrected chi connectivity index (χ3v) is 4.17. The first-order valence-corrected chi connectivity index (χ1v) is 7.39. The summed E-state index contributed by atoms with van der Waals surface area (Å²) in [5.74, 6) is -0.0728. The normalized spacial score (nSPS) is 12.0. The van der Waals surface area contributed by atoms with Crippen molar-refractivity contribution in [2.75, 3.05) is 7.11 Å². The molecule has 0 N–H and O–H groups in total. The van der Waals surface area contributed by atoms with Crippen LogP contribution < -0.4 is 0 Å². The molecule has 0 heterocycles. The molecule has 0 saturated carbocycles. The Morgan fingerprint density at radius 2 is 1.67 bits per heavy atom. The molecule has 0 aromatic heterocycles. The fourth-order valence-electron chi connectivity index (χ4n) is 2.13. The molecule has 0 saturated heterocycles. The highest BCUT2D eigenvalue weighted by Gasteiger charge is 2.11. The zero-order valence-corrected chi connectivity index (χ0v) is 13.4. The number of ether oxygens (including phenoxy) is 1. The van der Waals surface area contributed by atoms with Gasteiger partial charge in [-0.15, -0.1) is 0 Å². The minimum atomic E-state index is -0.198. The number of carbonyl (C=O) groups excluding carboxylic acids is 1. The van der Waals surface area contributed by atoms with Crippen LogP contribution in [0, 0.1) is 0 Å². The van der Waals surface area contributed by atoms with Crippen LogP contribution in [0.1, 0.15) is 24.8 Å². The van der Waals surface area contributed by atoms with Gasteiger partial charge in [-0.1, -0.05) is 60.5 Å². The van der Waals surface area contributed by atoms with Crippen molar-refractivity contribution in [2.45, 2.75) is 19.3 Å². The van der Waals surface area contributed by atoms with Crippen LogP contribution in [-0.2, 0) is 9.53 Å². The molecule has 0 fully saturated rings. The van der Waals surface area contributed by atoms with Crippen molar-refractivity contribution in [1.82, 2.24) is 0 Å². The number of benzene rings is 2. The molecular weight excluding hydrogens is 307 g/mol. The molecule has 2 aromatic rings. The summed E-state index contributed by atoms with van der Waals surface area (Å²) < 4.78 is 4.69. The molecule has 0 amide bonds. The second-order valence-electron chi connectivity index (χ2n) is 4.93. The van der Waals surface area contributed by atoms with Crippen LogP contribution >= 0.6 is 23.2 Å². The maximum atomic E-state index is 11.3. The molecule has 2 rings (SSSR count). The molecule has 21 heavy (non-hydrogen) atoms. The number of hydrogen-bond acceptors (Lipinski definition) is 2. The standard InChI is InChI=1S/C17H16Cl2O2/c1-11(9-17(20)21-2)12-3-5-13(6-4-12)14-7-8-15(18)16(19)10-14/h3-8,10-11H,9H2,1-2H3. The lowest BCUT2D eigenvalue weighted by Crippen LogP contribution is -2.05. The Labute approximate surface area is 134 Å². The number of halogens is 2. The van der Waals surface area contributed by atoms with Crippen molar-refractivity contribution in [3.63, 3.8) is 0 Å². The molecule has 2 nitrogen and oxygen atoms in total. The summed E-state index contributed by atoms with van der Waals surface area (Å²) >= 11 is 12.0. The van der Waals surface area contributed by atoms with E-state index in [0.29, 0.717) is 16.5 Å². The van der Waals surface area contributed by atoms with E-state index in [1.165, 1.54) is 7.11 Å². The van der Waals surface area contributed by atoms with E-state index < -0.39 is 0 Å². The minimum Gasteiger partial charge on any atom is -0.469 e. The molecule has 2 aromatic carbocycles. The van der Waals surface area contributed by atoms with Gasteiger partial charge in [-0.2, -0.15) is 0 Å². The van der Waals surface area contributed by atoms with Gasteiger partial charge in [0.25, 0.3) is 0 Å². The van der Waals surface area contributed by atoms with Crippen molar-refractivity contribution >= 4 is 29.2 Å². The van der Waals surface area contributed by atoms with Gasteiger partial charge in [-0.05, 0) is 34.7 Å². The Morgan fingerprint density at radius 1 is 1.05 bits per heavy atom. The Bertz CT molecular complexity index is 636. The summed E-state index contributed by atoms with van der Waals surface area (Å²) in [4.78, 5) is 11.3. The first kappa shape index (κ1) is 15.9. The predicted molar refractivity (Wildman–Crippen MR) is 86.9 cm³/mol. The second kappa shape index (κ2) is 6.97. The summed E-state index contributed by atoms with van der Waals surface area (Å²) in [6.45, 7) is 2.01. The number of esters is 1. The number of carbonyl (C=O) groups is 1. The van der Waals surface area contributed by atoms with E-state index in [-0.39, 0.29) is 11.9 Å². The van der Waals surface area contributed by atoms with Crippen molar-refractivity contribution in [2.24, 2.45) is 0 Å². The van der Waals surface area contributed by atoms with E-state index in [9.17, 15) is 4.79 Å². The van der Waals surface area contributed by atoms with Crippen LogP contribution in [0.15, 0.2) is 42.5 Å². The van der Waals surface area contributed by atoms with Gasteiger partial charge in [0.2, 0.25) is 0 Å². The van der Waals surface area contributed by atoms with Gasteiger partial charge in [-0.3, -0.25) is 4.79 Å². The maximum Gasteiger partial charge on any atom is 0.306 e. The molecule has 1 atom stereocenters. The fraction of sp³-hybridized carbons (Fsp3) is 0.235. The van der Waals surface area contributed by atoms with Crippen LogP contribution in [0.3, 0.4) is 0 Å². The summed E-state index contributed by atoms with van der Waals surface area (Å²) in [6.07, 6.45) is 0.378. The predicted octanol–water partition coefficient (Wildman–Crippen LogP) is 5.33. The Morgan fingerprint density at radius 3 is 2.24 bits per heavy atom. The summed E-state index contributed by atoms with van der Waals surface area (Å²) in [5.41, 5.74) is 3.17. The monoisotopic (exact) mass is 322 g/mol. The summed E-state index contributed by atoms with van der Waals surface area (Å²) in [6, 6.07) is 13.6. The Balaban J connectivity index is 2.18. The largest absolute Gasteiger partial charge is 0.469 e. The topological polar surface area (TPSA) is 26.3 Å². The van der Waals surface area contributed by atoms with Gasteiger partial charge in [0.1, 0.15) is 0 Å².